The normalized spacial score (nSPS) is 11.9. The number of hydrogen-bond donors (Lipinski definition) is 5. The molecule has 1 atom stereocenters. The molecule has 0 unspecified atom stereocenters. The van der Waals surface area contributed by atoms with Crippen molar-refractivity contribution in [1.82, 2.24) is 30.8 Å². The first-order valence-electron chi connectivity index (χ1n) is 14.0. The second-order valence-electron chi connectivity index (χ2n) is 10.2. The number of anilines is 1. The molecule has 0 aliphatic rings. The molecule has 6 aromatic rings. The first-order valence-corrected chi connectivity index (χ1v) is 15.7. The Morgan fingerprint density at radius 3 is 2.45 bits per heavy atom. The number of benzene rings is 4. The molecule has 0 fully saturated rings. The number of thioether (sulfide) groups is 1. The summed E-state index contributed by atoms with van der Waals surface area (Å²) < 4.78 is 0. The smallest absolute Gasteiger partial charge is 0.315 e. The van der Waals surface area contributed by atoms with E-state index in [9.17, 15) is 4.79 Å². The fraction of sp³-hybridized carbons (Fsp3) is 0.121. The summed E-state index contributed by atoms with van der Waals surface area (Å²) in [6.45, 7) is 0.305. The average molecular weight is 643 g/mol. The highest BCUT2D eigenvalue weighted by Gasteiger charge is 2.22. The van der Waals surface area contributed by atoms with Gasteiger partial charge in [0.2, 0.25) is 0 Å². The lowest BCUT2D eigenvalue weighted by molar-refractivity contribution is 0.236. The molecule has 0 saturated heterocycles. The van der Waals surface area contributed by atoms with E-state index in [2.05, 4.69) is 37.9 Å². The van der Waals surface area contributed by atoms with Gasteiger partial charge in [-0.3, -0.25) is 5.10 Å². The number of aromatic nitrogens is 4. The van der Waals surface area contributed by atoms with E-state index in [0.29, 0.717) is 40.5 Å². The largest absolute Gasteiger partial charge is 0.382 e. The molecule has 2 amide bonds. The number of nitrogens with zero attached hydrogens (tertiary/aromatic N) is 2. The number of hydrogen-bond acceptors (Lipinski definition) is 5. The lowest BCUT2D eigenvalue weighted by Gasteiger charge is -2.18. The highest BCUT2D eigenvalue weighted by atomic mass is 35.5. The van der Waals surface area contributed by atoms with Crippen LogP contribution in [-0.4, -0.2) is 26.2 Å². The fourth-order valence-corrected chi connectivity index (χ4v) is 6.36. The summed E-state index contributed by atoms with van der Waals surface area (Å²) in [6.07, 6.45) is 0.503. The van der Waals surface area contributed by atoms with Crippen LogP contribution in [0.3, 0.4) is 0 Å². The number of fused-ring (bicyclic) bond motifs is 1. The summed E-state index contributed by atoms with van der Waals surface area (Å²) in [6, 6.07) is 30.7. The molecule has 6 rings (SSSR count). The second kappa shape index (κ2) is 13.5. The van der Waals surface area contributed by atoms with Crippen LogP contribution in [0, 0.1) is 0 Å². The third kappa shape index (κ3) is 7.02. The summed E-state index contributed by atoms with van der Waals surface area (Å²) in [5, 5.41) is 14.9. The van der Waals surface area contributed by atoms with E-state index >= 15 is 0 Å². The third-order valence-corrected chi connectivity index (χ3v) is 8.86. The van der Waals surface area contributed by atoms with Gasteiger partial charge in [-0.2, -0.15) is 5.10 Å². The number of rotatable bonds is 10. The lowest BCUT2D eigenvalue weighted by Crippen LogP contribution is -2.38. The van der Waals surface area contributed by atoms with Gasteiger partial charge in [-0.25, -0.2) is 9.78 Å². The number of halogens is 2. The van der Waals surface area contributed by atoms with E-state index in [1.807, 2.05) is 84.9 Å². The Labute approximate surface area is 268 Å². The summed E-state index contributed by atoms with van der Waals surface area (Å²) in [5.41, 5.74) is 11.3. The molecule has 222 valence electrons. The Morgan fingerprint density at radius 2 is 1.68 bits per heavy atom. The minimum atomic E-state index is -0.485. The quantitative estimate of drug-likeness (QED) is 0.0972. The van der Waals surface area contributed by atoms with Crippen molar-refractivity contribution in [2.24, 2.45) is 0 Å². The predicted octanol–water partition coefficient (Wildman–Crippen LogP) is 7.92. The maximum absolute atomic E-state index is 13.3. The number of nitrogen functional groups attached to an aromatic ring is 1. The van der Waals surface area contributed by atoms with Crippen LogP contribution in [0.4, 0.5) is 10.6 Å². The maximum Gasteiger partial charge on any atom is 0.315 e. The number of nitrogens with one attached hydrogen (secondary N) is 4. The van der Waals surface area contributed by atoms with E-state index in [4.69, 9.17) is 33.9 Å². The minimum absolute atomic E-state index is 0.305. The first kappa shape index (κ1) is 29.6. The highest BCUT2D eigenvalue weighted by molar-refractivity contribution is 7.98. The first-order chi connectivity index (χ1) is 21.4. The molecule has 0 saturated carbocycles. The summed E-state index contributed by atoms with van der Waals surface area (Å²) >= 11 is 14.7. The maximum atomic E-state index is 13.3. The van der Waals surface area contributed by atoms with Crippen molar-refractivity contribution in [2.45, 2.75) is 29.7 Å². The topological polar surface area (TPSA) is 125 Å². The fourth-order valence-electron chi connectivity index (χ4n) is 4.93. The standard InChI is InChI=1S/C33H29Cl2N7OS/c34-24-12-14-28(44-19-21-9-5-2-6-10-21)23(16-24)18-37-33(43)38-27(15-20-7-3-1-4-8-20)32-39-29(30(35)40-32)22-11-13-25-26(17-22)41-42-31(25)36/h1-14,16-17,27H,15,18-19H2,(H,39,40)(H3,36,41,42)(H2,37,38,43)/t27-/m0/s1. The Balaban J connectivity index is 1.19. The van der Waals surface area contributed by atoms with Crippen LogP contribution in [0.25, 0.3) is 22.2 Å². The number of carbonyl (C=O) groups is 1. The highest BCUT2D eigenvalue weighted by Crippen LogP contribution is 2.32. The monoisotopic (exact) mass is 641 g/mol. The Hall–Kier alpha value is -4.44. The predicted molar refractivity (Wildman–Crippen MR) is 179 cm³/mol. The SMILES string of the molecule is Nc1n[nH]c2cc(-c3nc([C@H](Cc4ccccc4)NC(=O)NCc4cc(Cl)ccc4SCc4ccccc4)[nH]c3Cl)ccc12. The molecule has 0 aliphatic carbocycles. The molecule has 6 N–H and O–H groups in total. The van der Waals surface area contributed by atoms with E-state index < -0.39 is 6.04 Å². The number of urea groups is 1. The van der Waals surface area contributed by atoms with Crippen molar-refractivity contribution < 1.29 is 4.79 Å². The molecule has 2 aromatic heterocycles. The van der Waals surface area contributed by atoms with Crippen LogP contribution in [0.15, 0.2) is 102 Å². The summed E-state index contributed by atoms with van der Waals surface area (Å²) in [7, 11) is 0. The van der Waals surface area contributed by atoms with Crippen molar-refractivity contribution in [3.8, 4) is 11.3 Å². The Kier molecular flexibility index (Phi) is 9.07. The summed E-state index contributed by atoms with van der Waals surface area (Å²) in [5.74, 6) is 1.77. The molecule has 4 aromatic carbocycles. The van der Waals surface area contributed by atoms with Crippen LogP contribution in [-0.2, 0) is 18.7 Å². The van der Waals surface area contributed by atoms with E-state index in [-0.39, 0.29) is 6.03 Å². The van der Waals surface area contributed by atoms with Crippen LogP contribution < -0.4 is 16.4 Å². The average Bonchev–Trinajstić information content (AvgIpc) is 3.62. The number of aromatic amines is 2. The number of imidazole rings is 1. The zero-order valence-corrected chi connectivity index (χ0v) is 25.8. The molecule has 2 heterocycles. The molecule has 8 nitrogen and oxygen atoms in total. The van der Waals surface area contributed by atoms with Gasteiger partial charge in [-0.15, -0.1) is 11.8 Å². The molecule has 0 aliphatic heterocycles. The van der Waals surface area contributed by atoms with Crippen LogP contribution in [0.1, 0.15) is 28.6 Å². The number of carbonyl (C=O) groups excluding carboxylic acids is 1. The minimum Gasteiger partial charge on any atom is -0.382 e. The van der Waals surface area contributed by atoms with Crippen LogP contribution >= 0.6 is 35.0 Å². The van der Waals surface area contributed by atoms with Crippen molar-refractivity contribution in [3.05, 3.63) is 130 Å². The molecule has 0 radical (unpaired) electrons. The second-order valence-corrected chi connectivity index (χ2v) is 12.1. The zero-order valence-electron chi connectivity index (χ0n) is 23.5. The molecule has 0 spiro atoms. The van der Waals surface area contributed by atoms with Crippen LogP contribution in [0.5, 0.6) is 0 Å². The molecular weight excluding hydrogens is 613 g/mol. The van der Waals surface area contributed by atoms with Gasteiger partial charge in [0.25, 0.3) is 0 Å². The van der Waals surface area contributed by atoms with Crippen molar-refractivity contribution in [2.75, 3.05) is 5.73 Å². The molecule has 44 heavy (non-hydrogen) atoms. The van der Waals surface area contributed by atoms with Gasteiger partial charge in [-0.1, -0.05) is 89.9 Å². The van der Waals surface area contributed by atoms with E-state index in [1.165, 1.54) is 5.56 Å². The third-order valence-electron chi connectivity index (χ3n) is 7.16. The number of amides is 2. The molecule has 11 heteroatoms. The van der Waals surface area contributed by atoms with Gasteiger partial charge in [0.05, 0.1) is 11.6 Å². The van der Waals surface area contributed by atoms with Crippen LogP contribution in [0.2, 0.25) is 10.2 Å². The van der Waals surface area contributed by atoms with E-state index in [0.717, 1.165) is 38.2 Å². The van der Waals surface area contributed by atoms with Gasteiger partial charge < -0.3 is 21.4 Å². The van der Waals surface area contributed by atoms with Gasteiger partial charge in [0, 0.05) is 33.2 Å². The van der Waals surface area contributed by atoms with Crippen molar-refractivity contribution in [1.29, 1.82) is 0 Å². The van der Waals surface area contributed by atoms with Gasteiger partial charge in [0.1, 0.15) is 16.7 Å². The number of H-pyrrole nitrogens is 2. The van der Waals surface area contributed by atoms with Gasteiger partial charge in [-0.05, 0) is 53.4 Å². The Bertz CT molecular complexity index is 1890. The van der Waals surface area contributed by atoms with Gasteiger partial charge >= 0.3 is 6.03 Å². The zero-order chi connectivity index (χ0) is 30.5. The Morgan fingerprint density at radius 1 is 0.932 bits per heavy atom. The molecule has 0 bridgehead atoms. The molecular formula is C33H29Cl2N7OS. The van der Waals surface area contributed by atoms with Crippen molar-refractivity contribution >= 4 is 57.7 Å². The summed E-state index contributed by atoms with van der Waals surface area (Å²) in [4.78, 5) is 22.4. The lowest BCUT2D eigenvalue weighted by atomic mass is 10.1. The van der Waals surface area contributed by atoms with E-state index in [1.54, 1.807) is 11.8 Å². The number of nitrogens with two attached hydrogens (primary N) is 1. The van der Waals surface area contributed by atoms with Crippen molar-refractivity contribution in [3.63, 3.8) is 0 Å². The van der Waals surface area contributed by atoms with Gasteiger partial charge in [0.15, 0.2) is 5.82 Å².